The van der Waals surface area contributed by atoms with Gasteiger partial charge in [0, 0.05) is 10.6 Å². The van der Waals surface area contributed by atoms with E-state index in [9.17, 15) is 4.79 Å². The Labute approximate surface area is 109 Å². The molecule has 2 aromatic rings. The number of aromatic carboxylic acids is 1. The number of rotatable bonds is 4. The molecule has 0 fully saturated rings. The van der Waals surface area contributed by atoms with Crippen molar-refractivity contribution in [2.45, 2.75) is 17.6 Å². The molecule has 2 rings (SSSR count). The number of thioether (sulfide) groups is 1. The first kappa shape index (κ1) is 12.6. The third-order valence-electron chi connectivity index (χ3n) is 2.52. The molecule has 0 aliphatic carbocycles. The Morgan fingerprint density at radius 3 is 2.83 bits per heavy atom. The van der Waals surface area contributed by atoms with Crippen molar-refractivity contribution in [1.29, 1.82) is 0 Å². The van der Waals surface area contributed by atoms with Gasteiger partial charge in [-0.2, -0.15) is 0 Å². The maximum Gasteiger partial charge on any atom is 0.338 e. The maximum absolute atomic E-state index is 10.7. The van der Waals surface area contributed by atoms with Crippen LogP contribution in [-0.2, 0) is 5.75 Å². The molecule has 5 heteroatoms. The summed E-state index contributed by atoms with van der Waals surface area (Å²) in [7, 11) is 0. The minimum absolute atomic E-state index is 0.180. The highest BCUT2D eigenvalue weighted by Crippen LogP contribution is 2.26. The number of carboxylic acids is 1. The molecule has 94 valence electrons. The summed E-state index contributed by atoms with van der Waals surface area (Å²) < 4.78 is 5.18. The van der Waals surface area contributed by atoms with Crippen LogP contribution in [-0.4, -0.2) is 11.1 Å². The number of hydrogen-bond donors (Lipinski definition) is 2. The van der Waals surface area contributed by atoms with Crippen LogP contribution in [0.1, 0.15) is 21.7 Å². The molecule has 0 aliphatic rings. The lowest BCUT2D eigenvalue weighted by atomic mass is 10.2. The second kappa shape index (κ2) is 5.18. The number of nitrogens with two attached hydrogens (primary N) is 1. The first-order valence-electron chi connectivity index (χ1n) is 5.36. The van der Waals surface area contributed by atoms with Gasteiger partial charge >= 0.3 is 5.97 Å². The lowest BCUT2D eigenvalue weighted by molar-refractivity contribution is 0.0696. The molecule has 0 bridgehead atoms. The summed E-state index contributed by atoms with van der Waals surface area (Å²) >= 11 is 1.58. The van der Waals surface area contributed by atoms with Crippen LogP contribution in [0.2, 0.25) is 0 Å². The predicted molar refractivity (Wildman–Crippen MR) is 70.8 cm³/mol. The number of benzene rings is 1. The number of aryl methyl sites for hydroxylation is 1. The van der Waals surface area contributed by atoms with E-state index in [1.54, 1.807) is 17.8 Å². The lowest BCUT2D eigenvalue weighted by Crippen LogP contribution is -1.91. The van der Waals surface area contributed by atoms with Crippen molar-refractivity contribution in [3.63, 3.8) is 0 Å². The molecule has 1 aromatic heterocycles. The van der Waals surface area contributed by atoms with E-state index >= 15 is 0 Å². The van der Waals surface area contributed by atoms with Crippen LogP contribution in [0.5, 0.6) is 0 Å². The zero-order chi connectivity index (χ0) is 13.1. The number of hydrogen-bond acceptors (Lipinski definition) is 4. The first-order chi connectivity index (χ1) is 8.56. The highest BCUT2D eigenvalue weighted by atomic mass is 32.2. The molecular formula is C13H13NO3S. The highest BCUT2D eigenvalue weighted by molar-refractivity contribution is 7.98. The molecule has 18 heavy (non-hydrogen) atoms. The number of nitrogen functional groups attached to an aromatic ring is 1. The summed E-state index contributed by atoms with van der Waals surface area (Å²) in [6.45, 7) is 1.95. The smallest absolute Gasteiger partial charge is 0.338 e. The molecule has 1 heterocycles. The summed E-state index contributed by atoms with van der Waals surface area (Å²) in [5.74, 6) is 0.265. The van der Waals surface area contributed by atoms with Crippen LogP contribution in [0.4, 0.5) is 5.69 Å². The first-order valence-corrected chi connectivity index (χ1v) is 6.34. The Balaban J connectivity index is 2.02. The van der Waals surface area contributed by atoms with Crippen LogP contribution >= 0.6 is 11.8 Å². The molecule has 0 amide bonds. The Hall–Kier alpha value is -1.88. The van der Waals surface area contributed by atoms with E-state index in [0.717, 1.165) is 16.1 Å². The largest absolute Gasteiger partial charge is 0.478 e. The molecule has 0 saturated heterocycles. The molecular weight excluding hydrogens is 250 g/mol. The number of anilines is 1. The van der Waals surface area contributed by atoms with Crippen molar-refractivity contribution in [2.24, 2.45) is 0 Å². The van der Waals surface area contributed by atoms with Gasteiger partial charge < -0.3 is 15.3 Å². The van der Waals surface area contributed by atoms with Crippen LogP contribution in [0.3, 0.4) is 0 Å². The predicted octanol–water partition coefficient (Wildman–Crippen LogP) is 3.16. The van der Waals surface area contributed by atoms with E-state index in [2.05, 4.69) is 0 Å². The summed E-state index contributed by atoms with van der Waals surface area (Å²) in [5.41, 5.74) is 7.72. The zero-order valence-electron chi connectivity index (χ0n) is 9.84. The Morgan fingerprint density at radius 1 is 1.44 bits per heavy atom. The van der Waals surface area contributed by atoms with Crippen LogP contribution in [0.25, 0.3) is 0 Å². The summed E-state index contributed by atoms with van der Waals surface area (Å²) in [5, 5.41) is 8.77. The fourth-order valence-corrected chi connectivity index (χ4v) is 2.35. The van der Waals surface area contributed by atoms with Crippen molar-refractivity contribution < 1.29 is 14.3 Å². The third kappa shape index (κ3) is 2.87. The average molecular weight is 263 g/mol. The fourth-order valence-electron chi connectivity index (χ4n) is 1.46. The van der Waals surface area contributed by atoms with Crippen molar-refractivity contribution in [3.8, 4) is 0 Å². The minimum Gasteiger partial charge on any atom is -0.478 e. The highest BCUT2D eigenvalue weighted by Gasteiger charge is 2.08. The fraction of sp³-hybridized carbons (Fsp3) is 0.154. The molecule has 0 radical (unpaired) electrons. The molecule has 1 aromatic carbocycles. The van der Waals surface area contributed by atoms with E-state index in [1.165, 1.54) is 6.26 Å². The normalized spacial score (nSPS) is 10.5. The van der Waals surface area contributed by atoms with Gasteiger partial charge in [0.05, 0.1) is 11.3 Å². The van der Waals surface area contributed by atoms with Gasteiger partial charge in [0.15, 0.2) is 0 Å². The number of carbonyl (C=O) groups is 1. The second-order valence-electron chi connectivity index (χ2n) is 3.91. The number of furan rings is 1. The van der Waals surface area contributed by atoms with Crippen LogP contribution < -0.4 is 5.73 Å². The van der Waals surface area contributed by atoms with Gasteiger partial charge in [-0.25, -0.2) is 4.79 Å². The quantitative estimate of drug-likeness (QED) is 0.654. The molecule has 0 spiro atoms. The topological polar surface area (TPSA) is 76.5 Å². The van der Waals surface area contributed by atoms with E-state index in [1.807, 2.05) is 25.1 Å². The monoisotopic (exact) mass is 263 g/mol. The molecule has 0 unspecified atom stereocenters. The lowest BCUT2D eigenvalue weighted by Gasteiger charge is -2.03. The molecule has 0 atom stereocenters. The molecule has 0 saturated carbocycles. The molecule has 4 nitrogen and oxygen atoms in total. The van der Waals surface area contributed by atoms with E-state index in [4.69, 9.17) is 15.3 Å². The van der Waals surface area contributed by atoms with Gasteiger partial charge in [-0.15, -0.1) is 11.8 Å². The van der Waals surface area contributed by atoms with Crippen molar-refractivity contribution in [1.82, 2.24) is 0 Å². The van der Waals surface area contributed by atoms with E-state index in [0.29, 0.717) is 11.5 Å². The Morgan fingerprint density at radius 2 is 2.22 bits per heavy atom. The third-order valence-corrected chi connectivity index (χ3v) is 3.54. The van der Waals surface area contributed by atoms with Crippen molar-refractivity contribution in [2.75, 3.05) is 5.73 Å². The SMILES string of the molecule is Cc1cc(SCc2cc(C(=O)O)co2)ccc1N. The van der Waals surface area contributed by atoms with Gasteiger partial charge in [-0.05, 0) is 36.8 Å². The maximum atomic E-state index is 10.7. The summed E-state index contributed by atoms with van der Waals surface area (Å²) in [6.07, 6.45) is 1.26. The summed E-state index contributed by atoms with van der Waals surface area (Å²) in [6, 6.07) is 7.34. The van der Waals surface area contributed by atoms with Gasteiger partial charge in [-0.1, -0.05) is 0 Å². The standard InChI is InChI=1S/C13H13NO3S/c1-8-4-11(2-3-12(8)14)18-7-10-5-9(6-17-10)13(15)16/h2-6H,7,14H2,1H3,(H,15,16). The van der Waals surface area contributed by atoms with E-state index in [-0.39, 0.29) is 5.56 Å². The van der Waals surface area contributed by atoms with Gasteiger partial charge in [-0.3, -0.25) is 0 Å². The van der Waals surface area contributed by atoms with Crippen LogP contribution in [0.15, 0.2) is 39.8 Å². The van der Waals surface area contributed by atoms with Gasteiger partial charge in [0.2, 0.25) is 0 Å². The number of carboxylic acid groups (broad SMARTS) is 1. The Kier molecular flexibility index (Phi) is 3.62. The zero-order valence-corrected chi connectivity index (χ0v) is 10.7. The minimum atomic E-state index is -0.974. The van der Waals surface area contributed by atoms with Gasteiger partial charge in [0.1, 0.15) is 12.0 Å². The van der Waals surface area contributed by atoms with E-state index < -0.39 is 5.97 Å². The molecule has 0 aliphatic heterocycles. The van der Waals surface area contributed by atoms with Crippen LogP contribution in [0, 0.1) is 6.92 Å². The second-order valence-corrected chi connectivity index (χ2v) is 4.96. The summed E-state index contributed by atoms with van der Waals surface area (Å²) in [4.78, 5) is 11.8. The van der Waals surface area contributed by atoms with Gasteiger partial charge in [0.25, 0.3) is 0 Å². The Bertz CT molecular complexity index is 577. The van der Waals surface area contributed by atoms with Crippen molar-refractivity contribution >= 4 is 23.4 Å². The molecule has 3 N–H and O–H groups in total. The average Bonchev–Trinajstić information content (AvgIpc) is 2.79. The van der Waals surface area contributed by atoms with Crippen molar-refractivity contribution in [3.05, 3.63) is 47.4 Å².